The molecule has 2 heterocycles. The number of nitrogens with zero attached hydrogens (tertiary/aromatic N) is 4. The number of amides is 1. The summed E-state index contributed by atoms with van der Waals surface area (Å²) in [5, 5.41) is 7.49. The number of esters is 1. The fourth-order valence-electron chi connectivity index (χ4n) is 5.25. The molecule has 1 amide bonds. The summed E-state index contributed by atoms with van der Waals surface area (Å²) >= 11 is 0. The van der Waals surface area contributed by atoms with Gasteiger partial charge in [-0.05, 0) is 36.7 Å². The Morgan fingerprint density at radius 1 is 1.37 bits per heavy atom. The van der Waals surface area contributed by atoms with Gasteiger partial charge in [-0.25, -0.2) is 18.3 Å². The van der Waals surface area contributed by atoms with Gasteiger partial charge in [0.05, 0.1) is 12.3 Å². The molecular formula is C25H24F2N4O4. The van der Waals surface area contributed by atoms with Crippen LogP contribution in [0.1, 0.15) is 47.6 Å². The van der Waals surface area contributed by atoms with Gasteiger partial charge in [0.15, 0.2) is 5.69 Å². The van der Waals surface area contributed by atoms with E-state index in [0.29, 0.717) is 29.1 Å². The van der Waals surface area contributed by atoms with Crippen molar-refractivity contribution in [3.63, 3.8) is 0 Å². The van der Waals surface area contributed by atoms with Gasteiger partial charge in [-0.15, -0.1) is 4.91 Å². The van der Waals surface area contributed by atoms with Crippen LogP contribution in [-0.4, -0.2) is 58.2 Å². The maximum atomic E-state index is 14.6. The van der Waals surface area contributed by atoms with E-state index in [0.717, 1.165) is 0 Å². The van der Waals surface area contributed by atoms with Crippen LogP contribution in [0, 0.1) is 28.1 Å². The molecule has 8 nitrogen and oxygen atoms in total. The van der Waals surface area contributed by atoms with Gasteiger partial charge in [0, 0.05) is 54.6 Å². The molecule has 10 heteroatoms. The molecule has 2 fully saturated rings. The summed E-state index contributed by atoms with van der Waals surface area (Å²) in [5.41, 5.74) is -0.696. The van der Waals surface area contributed by atoms with Gasteiger partial charge in [-0.1, -0.05) is 24.8 Å². The number of aromatic nitrogens is 2. The van der Waals surface area contributed by atoms with Crippen molar-refractivity contribution >= 4 is 11.9 Å². The molecule has 0 N–H and O–H groups in total. The van der Waals surface area contributed by atoms with E-state index in [-0.39, 0.29) is 31.6 Å². The van der Waals surface area contributed by atoms with Crippen molar-refractivity contribution in [3.8, 4) is 17.5 Å². The van der Waals surface area contributed by atoms with Gasteiger partial charge in [0.2, 0.25) is 5.54 Å². The first kappa shape index (κ1) is 23.1. The van der Waals surface area contributed by atoms with Crippen molar-refractivity contribution in [2.75, 3.05) is 20.2 Å². The Labute approximate surface area is 200 Å². The van der Waals surface area contributed by atoms with E-state index in [1.165, 1.54) is 9.58 Å². The van der Waals surface area contributed by atoms with Crippen LogP contribution in [0.4, 0.5) is 8.78 Å². The van der Waals surface area contributed by atoms with Gasteiger partial charge in [0.25, 0.3) is 11.8 Å². The Hall–Kier alpha value is -3.61. The zero-order chi connectivity index (χ0) is 25.2. The summed E-state index contributed by atoms with van der Waals surface area (Å²) in [6, 6.07) is 6.82. The number of benzene rings is 1. The SMILES string of the molecule is CCOC(=O)c1nn(-c2cccc(C#C[C@]3(N=O)CCN(C)C3=O)c2)c2c1CC1C(F)(F)C1(C)C2. The number of likely N-dealkylation sites (N-methyl/N-ethyl adjacent to an activating group) is 1. The lowest BCUT2D eigenvalue weighted by atomic mass is 9.87. The first-order chi connectivity index (χ1) is 16.6. The molecule has 1 aromatic carbocycles. The van der Waals surface area contributed by atoms with E-state index in [9.17, 15) is 23.3 Å². The van der Waals surface area contributed by atoms with Gasteiger partial charge in [-0.3, -0.25) is 4.79 Å². The van der Waals surface area contributed by atoms with Crippen LogP contribution in [0.3, 0.4) is 0 Å². The summed E-state index contributed by atoms with van der Waals surface area (Å²) in [7, 11) is 1.59. The number of halogens is 2. The van der Waals surface area contributed by atoms with E-state index in [4.69, 9.17) is 4.74 Å². The maximum Gasteiger partial charge on any atom is 0.359 e. The standard InChI is InChI=1S/C25H24F2N4O4/c1-4-35-21(32)20-17-13-19-23(2,25(19,26)27)14-18(17)31(28-20)16-7-5-6-15(12-16)8-9-24(29-34)10-11-30(3)22(24)33/h5-7,12,19H,4,10-11,13-14H2,1-3H3/t19?,23?,24-/m0/s1. The molecule has 182 valence electrons. The van der Waals surface area contributed by atoms with Crippen molar-refractivity contribution in [1.29, 1.82) is 0 Å². The number of hydrogen-bond donors (Lipinski definition) is 0. The lowest BCUT2D eigenvalue weighted by Gasteiger charge is -2.18. The van der Waals surface area contributed by atoms with Crippen molar-refractivity contribution in [1.82, 2.24) is 14.7 Å². The first-order valence-corrected chi connectivity index (χ1v) is 11.5. The summed E-state index contributed by atoms with van der Waals surface area (Å²) < 4.78 is 35.7. The molecule has 1 aliphatic heterocycles. The molecule has 0 radical (unpaired) electrons. The predicted molar refractivity (Wildman–Crippen MR) is 121 cm³/mol. The molecule has 35 heavy (non-hydrogen) atoms. The third-order valence-electron chi connectivity index (χ3n) is 7.56. The molecule has 2 unspecified atom stereocenters. The first-order valence-electron chi connectivity index (χ1n) is 11.5. The Bertz CT molecular complexity index is 1330. The van der Waals surface area contributed by atoms with E-state index < -0.39 is 34.7 Å². The number of fused-ring (bicyclic) bond motifs is 2. The van der Waals surface area contributed by atoms with E-state index in [1.54, 1.807) is 45.2 Å². The van der Waals surface area contributed by atoms with Gasteiger partial charge < -0.3 is 9.64 Å². The number of nitroso groups, excluding NO2 is 1. The zero-order valence-electron chi connectivity index (χ0n) is 19.6. The minimum atomic E-state index is -2.81. The van der Waals surface area contributed by atoms with Crippen LogP contribution in [0.25, 0.3) is 5.69 Å². The number of carbonyl (C=O) groups excluding carboxylic acids is 2. The minimum absolute atomic E-state index is 0.0479. The van der Waals surface area contributed by atoms with Gasteiger partial charge >= 0.3 is 5.97 Å². The highest BCUT2D eigenvalue weighted by molar-refractivity contribution is 5.92. The molecule has 3 aliphatic rings. The molecule has 0 spiro atoms. The largest absolute Gasteiger partial charge is 0.461 e. The lowest BCUT2D eigenvalue weighted by Crippen LogP contribution is -2.35. The highest BCUT2D eigenvalue weighted by atomic mass is 19.3. The highest BCUT2D eigenvalue weighted by Crippen LogP contribution is 2.70. The average Bonchev–Trinajstić information content (AvgIpc) is 3.11. The molecule has 5 rings (SSSR count). The number of ether oxygens (including phenoxy) is 1. The fourth-order valence-corrected chi connectivity index (χ4v) is 5.25. The third-order valence-corrected chi connectivity index (χ3v) is 7.56. The Kier molecular flexibility index (Phi) is 5.09. The number of alkyl halides is 2. The van der Waals surface area contributed by atoms with Crippen LogP contribution in [0.5, 0.6) is 0 Å². The Morgan fingerprint density at radius 2 is 2.14 bits per heavy atom. The normalized spacial score (nSPS) is 28.0. The van der Waals surface area contributed by atoms with Crippen molar-refractivity contribution < 1.29 is 23.1 Å². The monoisotopic (exact) mass is 482 g/mol. The van der Waals surface area contributed by atoms with Crippen molar-refractivity contribution in [2.24, 2.45) is 16.5 Å². The maximum absolute atomic E-state index is 14.6. The quantitative estimate of drug-likeness (QED) is 0.379. The second-order valence-corrected chi connectivity index (χ2v) is 9.61. The summed E-state index contributed by atoms with van der Waals surface area (Å²) in [6.45, 7) is 3.76. The van der Waals surface area contributed by atoms with Gasteiger partial charge in [0.1, 0.15) is 0 Å². The number of carbonyl (C=O) groups is 2. The molecule has 1 saturated carbocycles. The smallest absolute Gasteiger partial charge is 0.359 e. The molecule has 3 atom stereocenters. The van der Waals surface area contributed by atoms with Crippen LogP contribution in [0.15, 0.2) is 29.4 Å². The second kappa shape index (κ2) is 7.70. The summed E-state index contributed by atoms with van der Waals surface area (Å²) in [5.74, 6) is 0.862. The van der Waals surface area contributed by atoms with E-state index in [2.05, 4.69) is 22.1 Å². The third kappa shape index (κ3) is 3.28. The second-order valence-electron chi connectivity index (χ2n) is 9.61. The molecular weight excluding hydrogens is 458 g/mol. The average molecular weight is 482 g/mol. The summed E-state index contributed by atoms with van der Waals surface area (Å²) in [4.78, 5) is 37.8. The molecule has 1 saturated heterocycles. The highest BCUT2D eigenvalue weighted by Gasteiger charge is 2.78. The van der Waals surface area contributed by atoms with Gasteiger partial charge in [-0.2, -0.15) is 5.10 Å². The van der Waals surface area contributed by atoms with Crippen LogP contribution in [0.2, 0.25) is 0 Å². The molecule has 2 aromatic rings. The van der Waals surface area contributed by atoms with Crippen molar-refractivity contribution in [3.05, 3.63) is 51.7 Å². The van der Waals surface area contributed by atoms with Crippen molar-refractivity contribution in [2.45, 2.75) is 44.6 Å². The number of rotatable bonds is 4. The molecule has 1 aromatic heterocycles. The lowest BCUT2D eigenvalue weighted by molar-refractivity contribution is -0.129. The van der Waals surface area contributed by atoms with E-state index >= 15 is 0 Å². The zero-order valence-corrected chi connectivity index (χ0v) is 19.6. The van der Waals surface area contributed by atoms with Crippen LogP contribution >= 0.6 is 0 Å². The molecule has 0 bridgehead atoms. The Balaban J connectivity index is 1.55. The predicted octanol–water partition coefficient (Wildman–Crippen LogP) is 3.14. The Morgan fingerprint density at radius 3 is 2.80 bits per heavy atom. The van der Waals surface area contributed by atoms with E-state index in [1.807, 2.05) is 0 Å². The topological polar surface area (TPSA) is 93.9 Å². The number of hydrogen-bond acceptors (Lipinski definition) is 6. The fraction of sp³-hybridized carbons (Fsp3) is 0.480. The number of likely N-dealkylation sites (tertiary alicyclic amines) is 1. The minimum Gasteiger partial charge on any atom is -0.461 e. The summed E-state index contributed by atoms with van der Waals surface area (Å²) in [6.07, 6.45) is 0.332. The van der Waals surface area contributed by atoms with Crippen LogP contribution in [-0.2, 0) is 22.4 Å². The molecule has 2 aliphatic carbocycles. The van der Waals surface area contributed by atoms with Crippen LogP contribution < -0.4 is 0 Å².